The van der Waals surface area contributed by atoms with Crippen molar-refractivity contribution >= 4 is 11.7 Å². The first-order valence-electron chi connectivity index (χ1n) is 6.73. The van der Waals surface area contributed by atoms with E-state index in [4.69, 9.17) is 0 Å². The van der Waals surface area contributed by atoms with Gasteiger partial charge in [0.1, 0.15) is 17.3 Å². The number of amides is 1. The van der Waals surface area contributed by atoms with Crippen molar-refractivity contribution < 1.29 is 28.2 Å². The number of hydrogen-bond acceptors (Lipinski definition) is 4. The lowest BCUT2D eigenvalue weighted by atomic mass is 10.1. The predicted molar refractivity (Wildman–Crippen MR) is 73.4 cm³/mol. The fourth-order valence-corrected chi connectivity index (χ4v) is 2.60. The predicted octanol–water partition coefficient (Wildman–Crippen LogP) is 2.45. The summed E-state index contributed by atoms with van der Waals surface area (Å²) in [6.45, 7) is -0.158. The van der Waals surface area contributed by atoms with Crippen LogP contribution in [0.25, 0.3) is 0 Å². The van der Waals surface area contributed by atoms with E-state index in [-0.39, 0.29) is 30.1 Å². The van der Waals surface area contributed by atoms with Crippen molar-refractivity contribution in [2.75, 3.05) is 11.4 Å². The maximum Gasteiger partial charge on any atom is 0.410 e. The van der Waals surface area contributed by atoms with Crippen LogP contribution >= 0.6 is 0 Å². The van der Waals surface area contributed by atoms with Gasteiger partial charge in [-0.1, -0.05) is 0 Å². The number of aromatic hydroxyl groups is 2. The summed E-state index contributed by atoms with van der Waals surface area (Å²) in [6, 6.07) is 2.95. The molecule has 122 valence electrons. The molecule has 6 nitrogen and oxygen atoms in total. The fourth-order valence-electron chi connectivity index (χ4n) is 2.60. The lowest BCUT2D eigenvalue weighted by molar-refractivity contribution is -0.172. The molecular weight excluding hydrogens is 315 g/mol. The van der Waals surface area contributed by atoms with Crippen molar-refractivity contribution in [3.8, 4) is 11.5 Å². The number of hydrogen-bond donors (Lipinski definition) is 2. The average Bonchev–Trinajstić information content (AvgIpc) is 2.93. The third kappa shape index (κ3) is 2.58. The number of alkyl halides is 3. The highest BCUT2D eigenvalue weighted by molar-refractivity contribution is 6.07. The van der Waals surface area contributed by atoms with Crippen LogP contribution < -0.4 is 4.90 Å². The molecule has 2 heterocycles. The van der Waals surface area contributed by atoms with Crippen molar-refractivity contribution in [3.63, 3.8) is 0 Å². The Morgan fingerprint density at radius 1 is 1.26 bits per heavy atom. The van der Waals surface area contributed by atoms with E-state index < -0.39 is 23.9 Å². The number of carbonyl (C=O) groups excluding carboxylic acids is 1. The summed E-state index contributed by atoms with van der Waals surface area (Å²) < 4.78 is 39.8. The fraction of sp³-hybridized carbons (Fsp3) is 0.286. The molecule has 1 aliphatic rings. The highest BCUT2D eigenvalue weighted by Gasteiger charge is 2.46. The molecule has 0 fully saturated rings. The number of halogens is 3. The van der Waals surface area contributed by atoms with Crippen molar-refractivity contribution in [2.24, 2.45) is 0 Å². The highest BCUT2D eigenvalue weighted by atomic mass is 19.4. The standard InChI is InChI=1S/C14H12F3N3O3/c15-14(16,17)11-4-6-19(12-3-5-18-20(11)12)13(23)9-2-1-8(21)7-10(9)22/h1-3,5,7,11,21-22H,4,6H2/t11-/m0/s1. The summed E-state index contributed by atoms with van der Waals surface area (Å²) in [6.07, 6.45) is -3.60. The third-order valence-corrected chi connectivity index (χ3v) is 3.68. The Bertz CT molecular complexity index is 757. The van der Waals surface area contributed by atoms with Gasteiger partial charge in [-0.25, -0.2) is 4.68 Å². The molecule has 1 aliphatic heterocycles. The number of phenols is 2. The molecule has 2 aromatic rings. The first-order chi connectivity index (χ1) is 10.8. The summed E-state index contributed by atoms with van der Waals surface area (Å²) >= 11 is 0. The number of rotatable bonds is 1. The van der Waals surface area contributed by atoms with Crippen LogP contribution in [-0.2, 0) is 0 Å². The largest absolute Gasteiger partial charge is 0.508 e. The average molecular weight is 327 g/mol. The molecule has 9 heteroatoms. The van der Waals surface area contributed by atoms with E-state index in [2.05, 4.69) is 5.10 Å². The second kappa shape index (κ2) is 5.18. The number of carbonyl (C=O) groups is 1. The van der Waals surface area contributed by atoms with Gasteiger partial charge in [0.15, 0.2) is 6.04 Å². The lowest BCUT2D eigenvalue weighted by Crippen LogP contribution is -2.43. The summed E-state index contributed by atoms with van der Waals surface area (Å²) in [5.41, 5.74) is -0.110. The van der Waals surface area contributed by atoms with Crippen LogP contribution in [0, 0.1) is 0 Å². The number of phenolic OH excluding ortho intramolecular Hbond substituents is 2. The van der Waals surface area contributed by atoms with Gasteiger partial charge < -0.3 is 10.2 Å². The van der Waals surface area contributed by atoms with Crippen LogP contribution in [0.5, 0.6) is 11.5 Å². The topological polar surface area (TPSA) is 78.6 Å². The van der Waals surface area contributed by atoms with Crippen molar-refractivity contribution in [3.05, 3.63) is 36.0 Å². The van der Waals surface area contributed by atoms with Crippen LogP contribution in [0.4, 0.5) is 19.0 Å². The van der Waals surface area contributed by atoms with Gasteiger partial charge in [-0.05, 0) is 18.6 Å². The molecule has 1 atom stereocenters. The minimum atomic E-state index is -4.46. The van der Waals surface area contributed by atoms with Gasteiger partial charge in [0, 0.05) is 18.7 Å². The molecular formula is C14H12F3N3O3. The third-order valence-electron chi connectivity index (χ3n) is 3.68. The molecule has 23 heavy (non-hydrogen) atoms. The smallest absolute Gasteiger partial charge is 0.410 e. The zero-order valence-electron chi connectivity index (χ0n) is 11.7. The van der Waals surface area contributed by atoms with E-state index in [1.807, 2.05) is 0 Å². The quantitative estimate of drug-likeness (QED) is 0.843. The molecule has 0 saturated heterocycles. The minimum absolute atomic E-state index is 0.0102. The summed E-state index contributed by atoms with van der Waals surface area (Å²) in [4.78, 5) is 13.6. The Kier molecular flexibility index (Phi) is 3.42. The normalized spacial score (nSPS) is 17.9. The minimum Gasteiger partial charge on any atom is -0.508 e. The van der Waals surface area contributed by atoms with Gasteiger partial charge in [-0.15, -0.1) is 0 Å². The van der Waals surface area contributed by atoms with E-state index in [1.54, 1.807) is 0 Å². The van der Waals surface area contributed by atoms with Crippen LogP contribution in [0.1, 0.15) is 22.8 Å². The first-order valence-corrected chi connectivity index (χ1v) is 6.73. The number of anilines is 1. The zero-order chi connectivity index (χ0) is 16.8. The van der Waals surface area contributed by atoms with Crippen LogP contribution in [-0.4, -0.2) is 38.6 Å². The highest BCUT2D eigenvalue weighted by Crippen LogP contribution is 2.39. The number of nitrogens with zero attached hydrogens (tertiary/aromatic N) is 3. The Balaban J connectivity index is 1.97. The molecule has 1 aromatic carbocycles. The zero-order valence-corrected chi connectivity index (χ0v) is 11.7. The maximum atomic E-state index is 13.0. The SMILES string of the molecule is O=C(c1ccc(O)cc1O)N1CC[C@@H](C(F)(F)F)n2nccc21. The summed E-state index contributed by atoms with van der Waals surface area (Å²) in [5.74, 6) is -1.32. The van der Waals surface area contributed by atoms with Gasteiger partial charge in [-0.2, -0.15) is 18.3 Å². The molecule has 0 spiro atoms. The Labute approximate surface area is 128 Å². The number of fused-ring (bicyclic) bond motifs is 1. The van der Waals surface area contributed by atoms with Crippen molar-refractivity contribution in [1.82, 2.24) is 9.78 Å². The van der Waals surface area contributed by atoms with Gasteiger partial charge in [0.05, 0.1) is 11.8 Å². The molecule has 0 bridgehead atoms. The second-order valence-corrected chi connectivity index (χ2v) is 5.14. The molecule has 2 N–H and O–H groups in total. The van der Waals surface area contributed by atoms with Crippen LogP contribution in [0.15, 0.2) is 30.5 Å². The van der Waals surface area contributed by atoms with Crippen LogP contribution in [0.3, 0.4) is 0 Å². The van der Waals surface area contributed by atoms with E-state index in [0.29, 0.717) is 0 Å². The molecule has 1 amide bonds. The van der Waals surface area contributed by atoms with E-state index >= 15 is 0 Å². The monoisotopic (exact) mass is 327 g/mol. The first kappa shape index (κ1) is 15.2. The van der Waals surface area contributed by atoms with E-state index in [9.17, 15) is 28.2 Å². The molecule has 0 unspecified atom stereocenters. The summed E-state index contributed by atoms with van der Waals surface area (Å²) in [7, 11) is 0. The van der Waals surface area contributed by atoms with Gasteiger partial charge in [-0.3, -0.25) is 9.69 Å². The summed E-state index contributed by atoms with van der Waals surface area (Å²) in [5, 5.41) is 22.7. The van der Waals surface area contributed by atoms with E-state index in [1.165, 1.54) is 24.4 Å². The Morgan fingerprint density at radius 3 is 2.65 bits per heavy atom. The van der Waals surface area contributed by atoms with Gasteiger partial charge in [0.25, 0.3) is 5.91 Å². The lowest BCUT2D eigenvalue weighted by Gasteiger charge is -2.33. The van der Waals surface area contributed by atoms with E-state index in [0.717, 1.165) is 15.6 Å². The van der Waals surface area contributed by atoms with Gasteiger partial charge in [0.2, 0.25) is 0 Å². The molecule has 3 rings (SSSR count). The van der Waals surface area contributed by atoms with Crippen molar-refractivity contribution in [2.45, 2.75) is 18.6 Å². The number of aromatic nitrogens is 2. The maximum absolute atomic E-state index is 13.0. The van der Waals surface area contributed by atoms with Gasteiger partial charge >= 0.3 is 6.18 Å². The van der Waals surface area contributed by atoms with Crippen LogP contribution in [0.2, 0.25) is 0 Å². The van der Waals surface area contributed by atoms with Crippen molar-refractivity contribution in [1.29, 1.82) is 0 Å². The Hall–Kier alpha value is -2.71. The Morgan fingerprint density at radius 2 is 2.00 bits per heavy atom. The molecule has 0 radical (unpaired) electrons. The second-order valence-electron chi connectivity index (χ2n) is 5.14. The molecule has 1 aromatic heterocycles. The number of benzene rings is 1. The molecule has 0 saturated carbocycles. The molecule has 0 aliphatic carbocycles.